The molecule has 2 heterocycles. The van der Waals surface area contributed by atoms with Crippen molar-refractivity contribution in [1.29, 1.82) is 0 Å². The van der Waals surface area contributed by atoms with Gasteiger partial charge in [0, 0.05) is 5.75 Å². The molecule has 0 aliphatic carbocycles. The Morgan fingerprint density at radius 2 is 2.58 bits per heavy atom. The summed E-state index contributed by atoms with van der Waals surface area (Å²) in [5.41, 5.74) is 1.29. The van der Waals surface area contributed by atoms with Gasteiger partial charge in [-0.2, -0.15) is 0 Å². The van der Waals surface area contributed by atoms with Gasteiger partial charge in [0.25, 0.3) is 0 Å². The van der Waals surface area contributed by atoms with Gasteiger partial charge >= 0.3 is 0 Å². The molecule has 2 rings (SSSR count). The summed E-state index contributed by atoms with van der Waals surface area (Å²) in [4.78, 5) is 10.3. The highest BCUT2D eigenvalue weighted by atomic mass is 32.2. The van der Waals surface area contributed by atoms with Gasteiger partial charge in [0.15, 0.2) is 0 Å². The Hall–Kier alpha value is -0.480. The van der Waals surface area contributed by atoms with Crippen LogP contribution in [0, 0.1) is 0 Å². The number of amides is 1. The van der Waals surface area contributed by atoms with Gasteiger partial charge < -0.3 is 5.32 Å². The lowest BCUT2D eigenvalue weighted by atomic mass is 10.1. The molecule has 0 aromatic carbocycles. The van der Waals surface area contributed by atoms with E-state index in [0.717, 1.165) is 18.6 Å². The predicted molar refractivity (Wildman–Crippen MR) is 51.6 cm³/mol. The highest BCUT2D eigenvalue weighted by molar-refractivity contribution is 8.01. The van der Waals surface area contributed by atoms with Crippen molar-refractivity contribution in [1.82, 2.24) is 5.32 Å². The summed E-state index contributed by atoms with van der Waals surface area (Å²) in [6.45, 7) is 0. The molecule has 1 amide bonds. The molecular formula is C8H9NOS2. The van der Waals surface area contributed by atoms with Gasteiger partial charge in [0.1, 0.15) is 0 Å². The van der Waals surface area contributed by atoms with Gasteiger partial charge in [-0.1, -0.05) is 0 Å². The maximum atomic E-state index is 10.3. The minimum Gasteiger partial charge on any atom is -0.352 e. The van der Waals surface area contributed by atoms with Gasteiger partial charge in [0.05, 0.1) is 10.3 Å². The van der Waals surface area contributed by atoms with Crippen LogP contribution in [0.25, 0.3) is 0 Å². The lowest BCUT2D eigenvalue weighted by molar-refractivity contribution is -0.110. The first-order chi connectivity index (χ1) is 5.92. The fraction of sp³-hybridized carbons (Fsp3) is 0.375. The number of hydrogen-bond acceptors (Lipinski definition) is 3. The third-order valence-corrected chi connectivity index (χ3v) is 4.24. The zero-order chi connectivity index (χ0) is 8.39. The molecular weight excluding hydrogens is 190 g/mol. The highest BCUT2D eigenvalue weighted by Gasteiger charge is 2.20. The quantitative estimate of drug-likeness (QED) is 0.738. The molecule has 0 saturated heterocycles. The summed E-state index contributed by atoms with van der Waals surface area (Å²) in [6.07, 6.45) is 1.84. The highest BCUT2D eigenvalue weighted by Crippen LogP contribution is 2.39. The van der Waals surface area contributed by atoms with Gasteiger partial charge in [-0.25, -0.2) is 0 Å². The molecule has 1 N–H and O–H groups in total. The number of hydrogen-bond donors (Lipinski definition) is 1. The maximum Gasteiger partial charge on any atom is 0.207 e. The minimum atomic E-state index is 0.255. The second kappa shape index (κ2) is 3.49. The second-order valence-electron chi connectivity index (χ2n) is 2.64. The fourth-order valence-electron chi connectivity index (χ4n) is 1.36. The van der Waals surface area contributed by atoms with E-state index in [0.29, 0.717) is 0 Å². The van der Waals surface area contributed by atoms with Crippen molar-refractivity contribution >= 4 is 29.5 Å². The topological polar surface area (TPSA) is 29.1 Å². The van der Waals surface area contributed by atoms with Crippen molar-refractivity contribution < 1.29 is 4.79 Å². The Bertz CT molecular complexity index is 284. The van der Waals surface area contributed by atoms with Crippen LogP contribution in [-0.2, 0) is 4.79 Å². The molecule has 1 unspecified atom stereocenters. The third kappa shape index (κ3) is 1.36. The van der Waals surface area contributed by atoms with E-state index in [1.165, 1.54) is 9.77 Å². The Morgan fingerprint density at radius 3 is 3.42 bits per heavy atom. The molecule has 1 aliphatic rings. The average Bonchev–Trinajstić information content (AvgIpc) is 2.53. The van der Waals surface area contributed by atoms with Crippen molar-refractivity contribution in [2.45, 2.75) is 16.7 Å². The lowest BCUT2D eigenvalue weighted by Gasteiger charge is -2.20. The molecule has 1 aromatic heterocycles. The van der Waals surface area contributed by atoms with Crippen LogP contribution in [0.5, 0.6) is 0 Å². The zero-order valence-electron chi connectivity index (χ0n) is 6.45. The van der Waals surface area contributed by atoms with Crippen LogP contribution in [0.3, 0.4) is 0 Å². The first kappa shape index (κ1) is 8.13. The monoisotopic (exact) mass is 199 g/mol. The van der Waals surface area contributed by atoms with E-state index < -0.39 is 0 Å². The van der Waals surface area contributed by atoms with Crippen LogP contribution >= 0.6 is 23.1 Å². The Balaban J connectivity index is 2.25. The lowest BCUT2D eigenvalue weighted by Crippen LogP contribution is -2.21. The van der Waals surface area contributed by atoms with Crippen molar-refractivity contribution in [2.75, 3.05) is 5.75 Å². The smallest absolute Gasteiger partial charge is 0.207 e. The first-order valence-corrected chi connectivity index (χ1v) is 5.68. The van der Waals surface area contributed by atoms with E-state index in [2.05, 4.69) is 16.8 Å². The summed E-state index contributed by atoms with van der Waals surface area (Å²) in [5.74, 6) is 1.11. The fourth-order valence-corrected chi connectivity index (χ4v) is 3.65. The molecule has 2 nitrogen and oxygen atoms in total. The molecule has 0 bridgehead atoms. The number of fused-ring (bicyclic) bond motifs is 1. The van der Waals surface area contributed by atoms with Gasteiger partial charge in [-0.15, -0.1) is 23.1 Å². The van der Waals surface area contributed by atoms with Gasteiger partial charge in [-0.3, -0.25) is 4.79 Å². The summed E-state index contributed by atoms with van der Waals surface area (Å²) in [5, 5.41) is 4.93. The van der Waals surface area contributed by atoms with Crippen LogP contribution in [0.2, 0.25) is 0 Å². The van der Waals surface area contributed by atoms with E-state index in [4.69, 9.17) is 0 Å². The molecule has 12 heavy (non-hydrogen) atoms. The summed E-state index contributed by atoms with van der Waals surface area (Å²) < 4.78 is 1.36. The predicted octanol–water partition coefficient (Wildman–Crippen LogP) is 2.03. The largest absolute Gasteiger partial charge is 0.352 e. The summed E-state index contributed by atoms with van der Waals surface area (Å²) >= 11 is 3.65. The zero-order valence-corrected chi connectivity index (χ0v) is 8.08. The van der Waals surface area contributed by atoms with Gasteiger partial charge in [0.2, 0.25) is 6.41 Å². The third-order valence-electron chi connectivity index (χ3n) is 1.94. The molecule has 0 radical (unpaired) electrons. The molecule has 1 aliphatic heterocycles. The molecule has 0 saturated carbocycles. The molecule has 0 fully saturated rings. The second-order valence-corrected chi connectivity index (χ2v) is 4.92. The van der Waals surface area contributed by atoms with Crippen molar-refractivity contribution in [2.24, 2.45) is 0 Å². The van der Waals surface area contributed by atoms with Gasteiger partial charge in [-0.05, 0) is 23.4 Å². The average molecular weight is 199 g/mol. The molecule has 0 spiro atoms. The van der Waals surface area contributed by atoms with Crippen molar-refractivity contribution in [3.05, 3.63) is 17.0 Å². The Kier molecular flexibility index (Phi) is 2.37. The number of carbonyl (C=O) groups excluding carboxylic acids is 1. The molecule has 1 aromatic rings. The van der Waals surface area contributed by atoms with Crippen LogP contribution in [0.15, 0.2) is 15.7 Å². The molecule has 64 valence electrons. The Morgan fingerprint density at radius 1 is 1.67 bits per heavy atom. The number of carbonyl (C=O) groups is 1. The SMILES string of the molecule is O=CNC1CCSc2sccc21. The standard InChI is InChI=1S/C8H9NOS2/c10-5-9-7-2-4-12-8-6(7)1-3-11-8/h1,3,5,7H,2,4H2,(H,9,10). The summed E-state index contributed by atoms with van der Waals surface area (Å²) in [6, 6.07) is 2.36. The number of thiophene rings is 1. The van der Waals surface area contributed by atoms with E-state index in [-0.39, 0.29) is 6.04 Å². The number of nitrogens with one attached hydrogen (secondary N) is 1. The van der Waals surface area contributed by atoms with Crippen molar-refractivity contribution in [3.63, 3.8) is 0 Å². The Labute approximate surface area is 79.4 Å². The van der Waals surface area contributed by atoms with Crippen LogP contribution < -0.4 is 5.32 Å². The number of rotatable bonds is 2. The van der Waals surface area contributed by atoms with E-state index in [1.807, 2.05) is 11.8 Å². The summed E-state index contributed by atoms with van der Waals surface area (Å²) in [7, 11) is 0. The minimum absolute atomic E-state index is 0.255. The molecule has 1 atom stereocenters. The van der Waals surface area contributed by atoms with Crippen LogP contribution in [-0.4, -0.2) is 12.2 Å². The molecule has 4 heteroatoms. The van der Waals surface area contributed by atoms with Crippen LogP contribution in [0.1, 0.15) is 18.0 Å². The van der Waals surface area contributed by atoms with Crippen LogP contribution in [0.4, 0.5) is 0 Å². The van der Waals surface area contributed by atoms with E-state index in [1.54, 1.807) is 11.3 Å². The van der Waals surface area contributed by atoms with E-state index >= 15 is 0 Å². The maximum absolute atomic E-state index is 10.3. The van der Waals surface area contributed by atoms with Crippen molar-refractivity contribution in [3.8, 4) is 0 Å². The number of thioether (sulfide) groups is 1. The normalized spacial score (nSPS) is 21.5. The first-order valence-electron chi connectivity index (χ1n) is 3.81. The van der Waals surface area contributed by atoms with E-state index in [9.17, 15) is 4.79 Å².